The van der Waals surface area contributed by atoms with Crippen LogP contribution in [0.25, 0.3) is 44.8 Å². The van der Waals surface area contributed by atoms with Gasteiger partial charge in [0.2, 0.25) is 11.8 Å². The van der Waals surface area contributed by atoms with Gasteiger partial charge in [-0.2, -0.15) is 0 Å². The van der Waals surface area contributed by atoms with Crippen LogP contribution in [0.15, 0.2) is 109 Å². The van der Waals surface area contributed by atoms with Crippen molar-refractivity contribution < 1.29 is 9.59 Å². The third-order valence-corrected chi connectivity index (χ3v) is 6.45. The van der Waals surface area contributed by atoms with Gasteiger partial charge in [0.05, 0.1) is 22.1 Å². The largest absolute Gasteiger partial charge is 0.338 e. The van der Waals surface area contributed by atoms with E-state index in [2.05, 4.69) is 30.6 Å². The number of H-pyrrole nitrogens is 2. The van der Waals surface area contributed by atoms with Gasteiger partial charge in [-0.25, -0.2) is 9.97 Å². The SMILES string of the molecule is O=C(C=CCCC(=O)Nc1ccc(-c2nc3ccccc3[nH]2)cc1)Nc1ccc(-c2nc3ccccc3[nH]2)cc1. The number of anilines is 2. The summed E-state index contributed by atoms with van der Waals surface area (Å²) in [4.78, 5) is 40.5. The minimum atomic E-state index is -0.252. The van der Waals surface area contributed by atoms with Crippen LogP contribution in [-0.4, -0.2) is 31.8 Å². The van der Waals surface area contributed by atoms with E-state index >= 15 is 0 Å². The predicted octanol–water partition coefficient (Wildman–Crippen LogP) is 6.69. The fraction of sp³-hybridized carbons (Fsp3) is 0.0625. The Labute approximate surface area is 230 Å². The maximum atomic E-state index is 12.4. The topological polar surface area (TPSA) is 116 Å². The molecular weight excluding hydrogens is 500 g/mol. The number of nitrogens with one attached hydrogen (secondary N) is 4. The molecule has 2 amide bonds. The number of carbonyl (C=O) groups is 2. The zero-order valence-electron chi connectivity index (χ0n) is 21.5. The molecule has 196 valence electrons. The Balaban J connectivity index is 0.960. The molecule has 2 aromatic heterocycles. The van der Waals surface area contributed by atoms with Gasteiger partial charge >= 0.3 is 0 Å². The molecule has 2 heterocycles. The first kappa shape index (κ1) is 24.8. The van der Waals surface area contributed by atoms with E-state index in [0.717, 1.165) is 44.8 Å². The second-order valence-electron chi connectivity index (χ2n) is 9.34. The molecule has 0 radical (unpaired) electrons. The third-order valence-electron chi connectivity index (χ3n) is 6.45. The highest BCUT2D eigenvalue weighted by molar-refractivity contribution is 5.99. The summed E-state index contributed by atoms with van der Waals surface area (Å²) in [6.45, 7) is 0. The van der Waals surface area contributed by atoms with Gasteiger partial charge in [-0.15, -0.1) is 0 Å². The average Bonchev–Trinajstić information content (AvgIpc) is 3.61. The second kappa shape index (κ2) is 11.1. The van der Waals surface area contributed by atoms with E-state index in [1.807, 2.05) is 97.1 Å². The quantitative estimate of drug-likeness (QED) is 0.165. The van der Waals surface area contributed by atoms with Crippen LogP contribution in [0.1, 0.15) is 12.8 Å². The molecule has 0 spiro atoms. The van der Waals surface area contributed by atoms with Crippen molar-refractivity contribution in [1.82, 2.24) is 19.9 Å². The van der Waals surface area contributed by atoms with Crippen molar-refractivity contribution in [1.29, 1.82) is 0 Å². The smallest absolute Gasteiger partial charge is 0.248 e. The van der Waals surface area contributed by atoms with Gasteiger partial charge in [0.25, 0.3) is 0 Å². The molecule has 0 bridgehead atoms. The van der Waals surface area contributed by atoms with Crippen LogP contribution in [0, 0.1) is 0 Å². The summed E-state index contributed by atoms with van der Waals surface area (Å²) in [5.41, 5.74) is 7.03. The molecule has 4 N–H and O–H groups in total. The number of hydrogen-bond acceptors (Lipinski definition) is 4. The van der Waals surface area contributed by atoms with Gasteiger partial charge < -0.3 is 20.6 Å². The summed E-state index contributed by atoms with van der Waals surface area (Å²) in [6.07, 6.45) is 3.85. The number of nitrogens with zero attached hydrogens (tertiary/aromatic N) is 2. The Morgan fingerprint density at radius 3 is 1.68 bits per heavy atom. The van der Waals surface area contributed by atoms with Crippen molar-refractivity contribution in [3.63, 3.8) is 0 Å². The molecule has 4 aromatic carbocycles. The molecule has 0 saturated carbocycles. The summed E-state index contributed by atoms with van der Waals surface area (Å²) in [6, 6.07) is 30.7. The van der Waals surface area contributed by atoms with Crippen LogP contribution in [0.4, 0.5) is 11.4 Å². The number of amides is 2. The Bertz CT molecular complexity index is 1770. The molecule has 0 saturated heterocycles. The number of aromatic nitrogens is 4. The number of aromatic amines is 2. The second-order valence-corrected chi connectivity index (χ2v) is 9.34. The van der Waals surface area contributed by atoms with Gasteiger partial charge in [0, 0.05) is 28.9 Å². The normalized spacial score (nSPS) is 11.3. The van der Waals surface area contributed by atoms with Crippen molar-refractivity contribution in [2.24, 2.45) is 0 Å². The first-order valence-electron chi connectivity index (χ1n) is 13.0. The summed E-state index contributed by atoms with van der Waals surface area (Å²) < 4.78 is 0. The predicted molar refractivity (Wildman–Crippen MR) is 159 cm³/mol. The molecule has 0 atom stereocenters. The van der Waals surface area contributed by atoms with E-state index in [0.29, 0.717) is 17.8 Å². The van der Waals surface area contributed by atoms with E-state index in [-0.39, 0.29) is 18.2 Å². The molecule has 40 heavy (non-hydrogen) atoms. The van der Waals surface area contributed by atoms with Crippen LogP contribution in [-0.2, 0) is 9.59 Å². The molecule has 0 aliphatic rings. The Kier molecular flexibility index (Phi) is 6.88. The lowest BCUT2D eigenvalue weighted by Crippen LogP contribution is -2.11. The lowest BCUT2D eigenvalue weighted by atomic mass is 10.2. The first-order valence-corrected chi connectivity index (χ1v) is 13.0. The van der Waals surface area contributed by atoms with Gasteiger partial charge in [0.1, 0.15) is 11.6 Å². The van der Waals surface area contributed by atoms with Crippen molar-refractivity contribution >= 4 is 45.3 Å². The zero-order chi connectivity index (χ0) is 27.3. The number of rotatable bonds is 8. The van der Waals surface area contributed by atoms with Crippen LogP contribution < -0.4 is 10.6 Å². The lowest BCUT2D eigenvalue weighted by molar-refractivity contribution is -0.116. The molecule has 6 aromatic rings. The minimum absolute atomic E-state index is 0.122. The van der Waals surface area contributed by atoms with Gasteiger partial charge in [-0.3, -0.25) is 9.59 Å². The number of carbonyl (C=O) groups excluding carboxylic acids is 2. The Morgan fingerprint density at radius 2 is 1.15 bits per heavy atom. The number of imidazole rings is 2. The van der Waals surface area contributed by atoms with Crippen molar-refractivity contribution in [3.05, 3.63) is 109 Å². The van der Waals surface area contributed by atoms with E-state index in [1.54, 1.807) is 6.08 Å². The van der Waals surface area contributed by atoms with Gasteiger partial charge in [-0.05, 0) is 85.3 Å². The first-order chi connectivity index (χ1) is 19.6. The standard InChI is InChI=1S/C32H26N6O2/c39-29(33-23-17-13-21(14-18-23)31-35-25-7-1-2-8-26(25)36-31)11-5-6-12-30(40)34-24-19-15-22(16-20-24)32-37-27-9-3-4-10-28(27)38-32/h1-5,7-11,13-20H,6,12H2,(H,33,39)(H,34,40)(H,35,36)(H,37,38). The van der Waals surface area contributed by atoms with Crippen molar-refractivity contribution in [2.75, 3.05) is 10.6 Å². The highest BCUT2D eigenvalue weighted by atomic mass is 16.2. The number of allylic oxidation sites excluding steroid dienone is 1. The van der Waals surface area contributed by atoms with E-state index < -0.39 is 0 Å². The van der Waals surface area contributed by atoms with E-state index in [9.17, 15) is 9.59 Å². The molecular formula is C32H26N6O2. The Hall–Kier alpha value is -5.50. The number of para-hydroxylation sites is 4. The molecule has 0 fully saturated rings. The van der Waals surface area contributed by atoms with Crippen LogP contribution >= 0.6 is 0 Å². The number of benzene rings is 4. The number of hydrogen-bond donors (Lipinski definition) is 4. The summed E-state index contributed by atoms with van der Waals surface area (Å²) in [7, 11) is 0. The lowest BCUT2D eigenvalue weighted by Gasteiger charge is -2.05. The van der Waals surface area contributed by atoms with Crippen LogP contribution in [0.5, 0.6) is 0 Å². The average molecular weight is 527 g/mol. The van der Waals surface area contributed by atoms with Gasteiger partial charge in [0.15, 0.2) is 0 Å². The minimum Gasteiger partial charge on any atom is -0.338 e. The molecule has 6 rings (SSSR count). The third kappa shape index (κ3) is 5.66. The highest BCUT2D eigenvalue weighted by Crippen LogP contribution is 2.23. The molecule has 0 aliphatic carbocycles. The van der Waals surface area contributed by atoms with Crippen LogP contribution in [0.3, 0.4) is 0 Å². The monoisotopic (exact) mass is 526 g/mol. The van der Waals surface area contributed by atoms with E-state index in [1.165, 1.54) is 6.08 Å². The fourth-order valence-electron chi connectivity index (χ4n) is 4.41. The summed E-state index contributed by atoms with van der Waals surface area (Å²) in [5, 5.41) is 5.73. The molecule has 0 aliphatic heterocycles. The van der Waals surface area contributed by atoms with Crippen LogP contribution in [0.2, 0.25) is 0 Å². The highest BCUT2D eigenvalue weighted by Gasteiger charge is 2.07. The molecule has 0 unspecified atom stereocenters. The maximum absolute atomic E-state index is 12.4. The molecule has 8 nitrogen and oxygen atoms in total. The Morgan fingerprint density at radius 1 is 0.650 bits per heavy atom. The van der Waals surface area contributed by atoms with E-state index in [4.69, 9.17) is 0 Å². The zero-order valence-corrected chi connectivity index (χ0v) is 21.5. The fourth-order valence-corrected chi connectivity index (χ4v) is 4.41. The number of fused-ring (bicyclic) bond motifs is 2. The summed E-state index contributed by atoms with van der Waals surface area (Å²) in [5.74, 6) is 1.19. The van der Waals surface area contributed by atoms with Crippen molar-refractivity contribution in [3.8, 4) is 22.8 Å². The summed E-state index contributed by atoms with van der Waals surface area (Å²) >= 11 is 0. The van der Waals surface area contributed by atoms with Gasteiger partial charge in [-0.1, -0.05) is 30.3 Å². The van der Waals surface area contributed by atoms with Crippen molar-refractivity contribution in [2.45, 2.75) is 12.8 Å². The maximum Gasteiger partial charge on any atom is 0.248 e. The molecule has 8 heteroatoms.